The molecule has 1 heterocycles. The quantitative estimate of drug-likeness (QED) is 0.797. The Bertz CT molecular complexity index is 402. The molecule has 0 saturated carbocycles. The molecule has 0 aliphatic carbocycles. The zero-order valence-electron chi connectivity index (χ0n) is 8.87. The third-order valence-electron chi connectivity index (χ3n) is 2.66. The maximum absolute atomic E-state index is 6.23. The van der Waals surface area contributed by atoms with Crippen LogP contribution in [0.3, 0.4) is 0 Å². The highest BCUT2D eigenvalue weighted by Crippen LogP contribution is 2.30. The molecule has 86 valence electrons. The lowest BCUT2D eigenvalue weighted by Gasteiger charge is -2.19. The molecule has 0 bridgehead atoms. The summed E-state index contributed by atoms with van der Waals surface area (Å²) in [5.74, 6) is 0. The largest absolute Gasteiger partial charge is 0.376 e. The van der Waals surface area contributed by atoms with Crippen LogP contribution < -0.4 is 16.0 Å². The van der Waals surface area contributed by atoms with Crippen LogP contribution in [-0.2, 0) is 0 Å². The predicted molar refractivity (Wildman–Crippen MR) is 73.3 cm³/mol. The van der Waals surface area contributed by atoms with E-state index in [-0.39, 0.29) is 5.11 Å². The molecule has 16 heavy (non-hydrogen) atoms. The van der Waals surface area contributed by atoms with Gasteiger partial charge in [-0.2, -0.15) is 0 Å². The molecule has 1 saturated heterocycles. The smallest absolute Gasteiger partial charge is 0.168 e. The second-order valence-corrected chi connectivity index (χ2v) is 4.70. The molecule has 1 aromatic rings. The molecular weight excluding hydrogens is 242 g/mol. The molecule has 3 N–H and O–H groups in total. The fourth-order valence-electron chi connectivity index (χ4n) is 1.94. The van der Waals surface area contributed by atoms with E-state index in [9.17, 15) is 0 Å². The van der Waals surface area contributed by atoms with Crippen LogP contribution in [-0.4, -0.2) is 18.2 Å². The summed E-state index contributed by atoms with van der Waals surface area (Å²) in [6, 6.07) is 5.81. The van der Waals surface area contributed by atoms with Crippen molar-refractivity contribution in [3.05, 3.63) is 23.2 Å². The normalized spacial score (nSPS) is 15.2. The third-order valence-corrected chi connectivity index (χ3v) is 3.07. The zero-order chi connectivity index (χ0) is 11.5. The number of thiocarbonyl (C=S) groups is 1. The first kappa shape index (κ1) is 11.5. The van der Waals surface area contributed by atoms with Crippen LogP contribution in [0.5, 0.6) is 0 Å². The van der Waals surface area contributed by atoms with Crippen LogP contribution in [0, 0.1) is 0 Å². The molecule has 0 spiro atoms. The average Bonchev–Trinajstić information content (AvgIpc) is 2.69. The molecule has 2 rings (SSSR count). The molecule has 0 amide bonds. The van der Waals surface area contributed by atoms with E-state index in [0.717, 1.165) is 29.5 Å². The predicted octanol–water partition coefficient (Wildman–Crippen LogP) is 2.60. The van der Waals surface area contributed by atoms with Gasteiger partial charge in [0.2, 0.25) is 0 Å². The summed E-state index contributed by atoms with van der Waals surface area (Å²) in [5, 5.41) is 3.86. The number of anilines is 2. The van der Waals surface area contributed by atoms with Gasteiger partial charge in [0.25, 0.3) is 0 Å². The Labute approximate surface area is 106 Å². The fourth-order valence-corrected chi connectivity index (χ4v) is 2.36. The van der Waals surface area contributed by atoms with Gasteiger partial charge in [0, 0.05) is 18.8 Å². The van der Waals surface area contributed by atoms with E-state index < -0.39 is 0 Å². The summed E-state index contributed by atoms with van der Waals surface area (Å²) in [6.45, 7) is 2.17. The Morgan fingerprint density at radius 3 is 2.62 bits per heavy atom. The molecule has 5 heteroatoms. The topological polar surface area (TPSA) is 41.3 Å². The fraction of sp³-hybridized carbons (Fsp3) is 0.364. The SMILES string of the molecule is NC(=S)Nc1ccc(N2CCCC2)c(Cl)c1. The number of nitrogens with zero attached hydrogens (tertiary/aromatic N) is 1. The van der Waals surface area contributed by atoms with E-state index in [4.69, 9.17) is 29.6 Å². The van der Waals surface area contributed by atoms with Gasteiger partial charge in [0.15, 0.2) is 5.11 Å². The van der Waals surface area contributed by atoms with Crippen molar-refractivity contribution >= 4 is 40.3 Å². The number of hydrogen-bond acceptors (Lipinski definition) is 2. The Balaban J connectivity index is 2.18. The first-order valence-electron chi connectivity index (χ1n) is 5.28. The first-order valence-corrected chi connectivity index (χ1v) is 6.06. The summed E-state index contributed by atoms with van der Waals surface area (Å²) in [5.41, 5.74) is 7.33. The van der Waals surface area contributed by atoms with Crippen LogP contribution in [0.4, 0.5) is 11.4 Å². The third kappa shape index (κ3) is 2.57. The Morgan fingerprint density at radius 2 is 2.06 bits per heavy atom. The summed E-state index contributed by atoms with van der Waals surface area (Å²) >= 11 is 11.0. The van der Waals surface area contributed by atoms with Crippen molar-refractivity contribution in [3.8, 4) is 0 Å². The minimum atomic E-state index is 0.255. The van der Waals surface area contributed by atoms with E-state index in [1.807, 2.05) is 18.2 Å². The molecule has 1 fully saturated rings. The van der Waals surface area contributed by atoms with Crippen molar-refractivity contribution in [2.24, 2.45) is 5.73 Å². The van der Waals surface area contributed by atoms with Crippen molar-refractivity contribution in [2.75, 3.05) is 23.3 Å². The molecule has 0 unspecified atom stereocenters. The van der Waals surface area contributed by atoms with Crippen molar-refractivity contribution in [2.45, 2.75) is 12.8 Å². The Kier molecular flexibility index (Phi) is 3.51. The van der Waals surface area contributed by atoms with Gasteiger partial charge in [0.1, 0.15) is 0 Å². The standard InChI is InChI=1S/C11H14ClN3S/c12-9-7-8(14-11(13)16)3-4-10(9)15-5-1-2-6-15/h3-4,7H,1-2,5-6H2,(H3,13,14,16). The van der Waals surface area contributed by atoms with Gasteiger partial charge >= 0.3 is 0 Å². The monoisotopic (exact) mass is 255 g/mol. The van der Waals surface area contributed by atoms with Gasteiger partial charge in [-0.05, 0) is 43.3 Å². The van der Waals surface area contributed by atoms with Gasteiger partial charge in [0.05, 0.1) is 10.7 Å². The second kappa shape index (κ2) is 4.89. The van der Waals surface area contributed by atoms with E-state index in [2.05, 4.69) is 10.2 Å². The van der Waals surface area contributed by atoms with Crippen LogP contribution in [0.15, 0.2) is 18.2 Å². The van der Waals surface area contributed by atoms with Crippen molar-refractivity contribution in [3.63, 3.8) is 0 Å². The maximum Gasteiger partial charge on any atom is 0.168 e. The van der Waals surface area contributed by atoms with Gasteiger partial charge in [-0.15, -0.1) is 0 Å². The van der Waals surface area contributed by atoms with Gasteiger partial charge in [-0.25, -0.2) is 0 Å². The lowest BCUT2D eigenvalue weighted by atomic mass is 10.2. The summed E-state index contributed by atoms with van der Waals surface area (Å²) in [7, 11) is 0. The van der Waals surface area contributed by atoms with Crippen molar-refractivity contribution in [1.82, 2.24) is 0 Å². The van der Waals surface area contributed by atoms with Crippen molar-refractivity contribution in [1.29, 1.82) is 0 Å². The number of benzene rings is 1. The van der Waals surface area contributed by atoms with E-state index in [1.165, 1.54) is 12.8 Å². The zero-order valence-corrected chi connectivity index (χ0v) is 10.4. The van der Waals surface area contributed by atoms with Crippen LogP contribution in [0.2, 0.25) is 5.02 Å². The van der Waals surface area contributed by atoms with E-state index >= 15 is 0 Å². The number of nitrogens with two attached hydrogens (primary N) is 1. The molecule has 3 nitrogen and oxygen atoms in total. The highest BCUT2D eigenvalue weighted by molar-refractivity contribution is 7.80. The lowest BCUT2D eigenvalue weighted by molar-refractivity contribution is 0.949. The molecule has 1 aliphatic rings. The molecule has 0 radical (unpaired) electrons. The molecule has 0 atom stereocenters. The number of halogens is 1. The van der Waals surface area contributed by atoms with E-state index in [1.54, 1.807) is 0 Å². The van der Waals surface area contributed by atoms with Gasteiger partial charge < -0.3 is 16.0 Å². The summed E-state index contributed by atoms with van der Waals surface area (Å²) < 4.78 is 0. The van der Waals surface area contributed by atoms with E-state index in [0.29, 0.717) is 0 Å². The van der Waals surface area contributed by atoms with Gasteiger partial charge in [-0.1, -0.05) is 11.6 Å². The molecule has 1 aromatic carbocycles. The number of rotatable bonds is 2. The van der Waals surface area contributed by atoms with Crippen LogP contribution >= 0.6 is 23.8 Å². The minimum Gasteiger partial charge on any atom is -0.376 e. The summed E-state index contributed by atoms with van der Waals surface area (Å²) in [6.07, 6.45) is 2.48. The highest BCUT2D eigenvalue weighted by atomic mass is 35.5. The average molecular weight is 256 g/mol. The first-order chi connectivity index (χ1) is 7.66. The molecule has 1 aliphatic heterocycles. The molecular formula is C11H14ClN3S. The Morgan fingerprint density at radius 1 is 1.38 bits per heavy atom. The second-order valence-electron chi connectivity index (χ2n) is 3.85. The lowest BCUT2D eigenvalue weighted by Crippen LogP contribution is -2.20. The number of hydrogen-bond donors (Lipinski definition) is 2. The Hall–Kier alpha value is -1.00. The summed E-state index contributed by atoms with van der Waals surface area (Å²) in [4.78, 5) is 2.30. The minimum absolute atomic E-state index is 0.255. The van der Waals surface area contributed by atoms with Crippen molar-refractivity contribution < 1.29 is 0 Å². The van der Waals surface area contributed by atoms with Gasteiger partial charge in [-0.3, -0.25) is 0 Å². The number of nitrogens with one attached hydrogen (secondary N) is 1. The highest BCUT2D eigenvalue weighted by Gasteiger charge is 2.15. The maximum atomic E-state index is 6.23. The van der Waals surface area contributed by atoms with Crippen LogP contribution in [0.25, 0.3) is 0 Å². The van der Waals surface area contributed by atoms with Crippen LogP contribution in [0.1, 0.15) is 12.8 Å². The molecule has 0 aromatic heterocycles.